The third kappa shape index (κ3) is 3.98. The zero-order valence-corrected chi connectivity index (χ0v) is 14.4. The van der Waals surface area contributed by atoms with Gasteiger partial charge in [0.15, 0.2) is 0 Å². The highest BCUT2D eigenvalue weighted by Crippen LogP contribution is 2.25. The van der Waals surface area contributed by atoms with Gasteiger partial charge in [0.2, 0.25) is 10.0 Å². The number of sulfonamides is 1. The van der Waals surface area contributed by atoms with Crippen LogP contribution in [0.1, 0.15) is 11.1 Å². The van der Waals surface area contributed by atoms with Crippen molar-refractivity contribution >= 4 is 10.0 Å². The highest BCUT2D eigenvalue weighted by atomic mass is 32.2. The van der Waals surface area contributed by atoms with Gasteiger partial charge in [-0.2, -0.15) is 0 Å². The Labute approximate surface area is 132 Å². The number of nitrogens with zero attached hydrogens (tertiary/aromatic N) is 1. The quantitative estimate of drug-likeness (QED) is 0.870. The van der Waals surface area contributed by atoms with Crippen LogP contribution in [0.4, 0.5) is 0 Å². The second kappa shape index (κ2) is 6.95. The van der Waals surface area contributed by atoms with E-state index in [1.165, 1.54) is 0 Å². The minimum Gasteiger partial charge on any atom is -0.496 e. The van der Waals surface area contributed by atoms with E-state index in [9.17, 15) is 8.42 Å². The van der Waals surface area contributed by atoms with Gasteiger partial charge >= 0.3 is 0 Å². The molecule has 1 aliphatic rings. The molecule has 0 radical (unpaired) electrons. The van der Waals surface area contributed by atoms with E-state index in [2.05, 4.69) is 9.62 Å². The Bertz CT molecular complexity index is 631. The number of methoxy groups -OCH3 is 1. The summed E-state index contributed by atoms with van der Waals surface area (Å²) in [5.41, 5.74) is 1.46. The van der Waals surface area contributed by atoms with Gasteiger partial charge in [0, 0.05) is 19.6 Å². The Hall–Kier alpha value is -1.15. The zero-order chi connectivity index (χ0) is 16.3. The number of nitrogens with one attached hydrogen (secondary N) is 1. The Morgan fingerprint density at radius 2 is 2.09 bits per heavy atom. The minimum absolute atomic E-state index is 0.117. The largest absolute Gasteiger partial charge is 0.496 e. The van der Waals surface area contributed by atoms with Crippen molar-refractivity contribution in [3.63, 3.8) is 0 Å². The summed E-state index contributed by atoms with van der Waals surface area (Å²) in [6.45, 7) is 6.10. The molecule has 1 unspecified atom stereocenters. The fourth-order valence-electron chi connectivity index (χ4n) is 2.54. The predicted molar refractivity (Wildman–Crippen MR) is 84.9 cm³/mol. The Morgan fingerprint density at radius 3 is 2.73 bits per heavy atom. The van der Waals surface area contributed by atoms with Crippen LogP contribution in [0.5, 0.6) is 5.75 Å². The van der Waals surface area contributed by atoms with Gasteiger partial charge in [-0.15, -0.1) is 0 Å². The molecule has 0 aliphatic carbocycles. The molecule has 1 aliphatic heterocycles. The SMILES string of the molecule is COc1cc(C)c(S(=O)(=O)NCC2CN(C)CCO2)cc1C. The number of likely N-dealkylation sites (N-methyl/N-ethyl adjacent to an activating group) is 1. The third-order valence-corrected chi connectivity index (χ3v) is 5.39. The van der Waals surface area contributed by atoms with E-state index < -0.39 is 10.0 Å². The minimum atomic E-state index is -3.56. The van der Waals surface area contributed by atoms with Gasteiger partial charge in [-0.25, -0.2) is 13.1 Å². The van der Waals surface area contributed by atoms with Gasteiger partial charge < -0.3 is 14.4 Å². The molecule has 0 amide bonds. The first kappa shape index (κ1) is 17.2. The molecular weight excluding hydrogens is 304 g/mol. The predicted octanol–water partition coefficient (Wildman–Crippen LogP) is 0.921. The number of hydrogen-bond acceptors (Lipinski definition) is 5. The maximum absolute atomic E-state index is 12.5. The van der Waals surface area contributed by atoms with Crippen molar-refractivity contribution in [1.29, 1.82) is 0 Å². The topological polar surface area (TPSA) is 67.9 Å². The molecule has 1 N–H and O–H groups in total. The fraction of sp³-hybridized carbons (Fsp3) is 0.600. The van der Waals surface area contributed by atoms with Gasteiger partial charge in [-0.3, -0.25) is 0 Å². The molecule has 0 bridgehead atoms. The molecule has 1 saturated heterocycles. The van der Waals surface area contributed by atoms with E-state index in [-0.39, 0.29) is 17.5 Å². The van der Waals surface area contributed by atoms with Crippen molar-refractivity contribution in [1.82, 2.24) is 9.62 Å². The molecule has 2 rings (SSSR count). The van der Waals surface area contributed by atoms with Crippen LogP contribution in [0, 0.1) is 13.8 Å². The molecule has 7 heteroatoms. The second-order valence-corrected chi connectivity index (χ2v) is 7.43. The van der Waals surface area contributed by atoms with Crippen LogP contribution in [0.3, 0.4) is 0 Å². The summed E-state index contributed by atoms with van der Waals surface area (Å²) in [6, 6.07) is 3.39. The second-order valence-electron chi connectivity index (χ2n) is 5.69. The van der Waals surface area contributed by atoms with Crippen molar-refractivity contribution in [2.75, 3.05) is 40.4 Å². The lowest BCUT2D eigenvalue weighted by Crippen LogP contribution is -2.45. The molecule has 22 heavy (non-hydrogen) atoms. The van der Waals surface area contributed by atoms with Crippen LogP contribution in [-0.2, 0) is 14.8 Å². The van der Waals surface area contributed by atoms with Crippen molar-refractivity contribution in [3.8, 4) is 5.75 Å². The average molecular weight is 328 g/mol. The molecule has 1 atom stereocenters. The van der Waals surface area contributed by atoms with Gasteiger partial charge in [0.1, 0.15) is 5.75 Å². The van der Waals surface area contributed by atoms with E-state index in [0.717, 1.165) is 18.7 Å². The van der Waals surface area contributed by atoms with Gasteiger partial charge in [0.25, 0.3) is 0 Å². The van der Waals surface area contributed by atoms with Crippen LogP contribution in [0.15, 0.2) is 17.0 Å². The van der Waals surface area contributed by atoms with Crippen LogP contribution in [-0.4, -0.2) is 59.8 Å². The first-order valence-corrected chi connectivity index (χ1v) is 8.77. The summed E-state index contributed by atoms with van der Waals surface area (Å²) in [5.74, 6) is 0.689. The summed E-state index contributed by atoms with van der Waals surface area (Å²) >= 11 is 0. The van der Waals surface area contributed by atoms with Gasteiger partial charge in [-0.1, -0.05) is 0 Å². The van der Waals surface area contributed by atoms with Crippen molar-refractivity contribution in [3.05, 3.63) is 23.3 Å². The smallest absolute Gasteiger partial charge is 0.240 e. The maximum Gasteiger partial charge on any atom is 0.240 e. The summed E-state index contributed by atoms with van der Waals surface area (Å²) in [6.07, 6.45) is -0.117. The molecule has 1 aromatic rings. The van der Waals surface area contributed by atoms with E-state index in [4.69, 9.17) is 9.47 Å². The molecule has 124 valence electrons. The molecule has 0 spiro atoms. The number of benzene rings is 1. The summed E-state index contributed by atoms with van der Waals surface area (Å²) in [7, 11) is 0.0161. The fourth-order valence-corrected chi connectivity index (χ4v) is 3.92. The van der Waals surface area contributed by atoms with Crippen LogP contribution < -0.4 is 9.46 Å². The standard InChI is InChI=1S/C15H24N2O4S/c1-11-8-15(12(2)7-14(11)20-4)22(18,19)16-9-13-10-17(3)5-6-21-13/h7-8,13,16H,5-6,9-10H2,1-4H3. The van der Waals surface area contributed by atoms with Crippen LogP contribution in [0.25, 0.3) is 0 Å². The molecule has 1 aromatic carbocycles. The highest BCUT2D eigenvalue weighted by molar-refractivity contribution is 7.89. The molecular formula is C15H24N2O4S. The number of morpholine rings is 1. The zero-order valence-electron chi connectivity index (χ0n) is 13.5. The Morgan fingerprint density at radius 1 is 1.36 bits per heavy atom. The molecule has 1 fully saturated rings. The number of ether oxygens (including phenoxy) is 2. The Balaban J connectivity index is 2.11. The first-order valence-electron chi connectivity index (χ1n) is 7.28. The third-order valence-electron chi connectivity index (χ3n) is 3.82. The number of aryl methyl sites for hydroxylation is 2. The van der Waals surface area contributed by atoms with E-state index >= 15 is 0 Å². The molecule has 0 saturated carbocycles. The molecule has 0 aromatic heterocycles. The number of hydrogen-bond donors (Lipinski definition) is 1. The lowest BCUT2D eigenvalue weighted by atomic mass is 10.1. The maximum atomic E-state index is 12.5. The summed E-state index contributed by atoms with van der Waals surface area (Å²) in [5, 5.41) is 0. The monoisotopic (exact) mass is 328 g/mol. The lowest BCUT2D eigenvalue weighted by molar-refractivity contribution is -0.0156. The summed E-state index contributed by atoms with van der Waals surface area (Å²) in [4.78, 5) is 2.42. The molecule has 1 heterocycles. The van der Waals surface area contributed by atoms with Gasteiger partial charge in [-0.05, 0) is 44.2 Å². The van der Waals surface area contributed by atoms with E-state index in [1.807, 2.05) is 14.0 Å². The van der Waals surface area contributed by atoms with Crippen molar-refractivity contribution in [2.24, 2.45) is 0 Å². The normalized spacial score (nSPS) is 20.1. The van der Waals surface area contributed by atoms with Crippen LogP contribution >= 0.6 is 0 Å². The van der Waals surface area contributed by atoms with Crippen molar-refractivity contribution < 1.29 is 17.9 Å². The highest BCUT2D eigenvalue weighted by Gasteiger charge is 2.23. The Kier molecular flexibility index (Phi) is 5.44. The van der Waals surface area contributed by atoms with Gasteiger partial charge in [0.05, 0.1) is 24.7 Å². The first-order chi connectivity index (χ1) is 10.3. The van der Waals surface area contributed by atoms with E-state index in [0.29, 0.717) is 17.9 Å². The van der Waals surface area contributed by atoms with Crippen LogP contribution in [0.2, 0.25) is 0 Å². The number of rotatable bonds is 5. The lowest BCUT2D eigenvalue weighted by Gasteiger charge is -2.30. The average Bonchev–Trinajstić information content (AvgIpc) is 2.47. The van der Waals surface area contributed by atoms with E-state index in [1.54, 1.807) is 26.2 Å². The van der Waals surface area contributed by atoms with Crippen molar-refractivity contribution in [2.45, 2.75) is 24.8 Å². The molecule has 6 nitrogen and oxygen atoms in total. The summed E-state index contributed by atoms with van der Waals surface area (Å²) < 4.78 is 38.5.